The van der Waals surface area contributed by atoms with Crippen molar-refractivity contribution >= 4 is 29.4 Å². The number of nitrogens with zero attached hydrogens (tertiary/aromatic N) is 3. The smallest absolute Gasteiger partial charge is 0.318 e. The zero-order chi connectivity index (χ0) is 34.8. The molecule has 3 atom stereocenters. The number of rotatable bonds is 10. The van der Waals surface area contributed by atoms with Gasteiger partial charge in [0.2, 0.25) is 11.8 Å². The molecule has 260 valence electrons. The van der Waals surface area contributed by atoms with E-state index in [2.05, 4.69) is 33.3 Å². The van der Waals surface area contributed by atoms with Gasteiger partial charge in [-0.25, -0.2) is 4.79 Å². The Morgan fingerprint density at radius 3 is 2.45 bits per heavy atom. The van der Waals surface area contributed by atoms with Crippen molar-refractivity contribution in [3.63, 3.8) is 0 Å². The van der Waals surface area contributed by atoms with E-state index in [1.54, 1.807) is 38.4 Å². The van der Waals surface area contributed by atoms with E-state index in [0.29, 0.717) is 43.7 Å². The molecule has 2 aliphatic carbocycles. The fourth-order valence-corrected chi connectivity index (χ4v) is 7.93. The summed E-state index contributed by atoms with van der Waals surface area (Å²) in [6, 6.07) is 14.2. The molecular weight excluding hydrogens is 622 g/mol. The minimum absolute atomic E-state index is 0.0195. The molecule has 2 heterocycles. The Balaban J connectivity index is 1.21. The first-order valence-electron chi connectivity index (χ1n) is 17.2. The van der Waals surface area contributed by atoms with Crippen molar-refractivity contribution in [2.45, 2.75) is 69.9 Å². The largest absolute Gasteiger partial charge is 0.497 e. The highest BCUT2D eigenvalue weighted by Gasteiger charge is 2.53. The molecule has 1 saturated heterocycles. The molecule has 49 heavy (non-hydrogen) atoms. The number of hydrogen-bond donors (Lipinski definition) is 4. The van der Waals surface area contributed by atoms with Crippen molar-refractivity contribution in [2.24, 2.45) is 18.4 Å². The van der Waals surface area contributed by atoms with Crippen LogP contribution in [0.2, 0.25) is 0 Å². The summed E-state index contributed by atoms with van der Waals surface area (Å²) < 4.78 is 6.81. The van der Waals surface area contributed by atoms with Gasteiger partial charge in [0.1, 0.15) is 23.0 Å². The third-order valence-electron chi connectivity index (χ3n) is 10.6. The van der Waals surface area contributed by atoms with Gasteiger partial charge in [-0.3, -0.25) is 19.1 Å². The summed E-state index contributed by atoms with van der Waals surface area (Å²) in [6.45, 7) is 3.02. The summed E-state index contributed by atoms with van der Waals surface area (Å²) in [5, 5.41) is 16.1. The molecule has 12 nitrogen and oxygen atoms in total. The SMILES string of the molecule is CNC(=O)C1(N2CC(C)(Cc3ccc(OC)cc3)CNC2=O)Cc2ccc(NC(=O)[C@@H](NC(=O)c3ccnn3C)C3CCCCC3)cc2C1. The van der Waals surface area contributed by atoms with E-state index < -0.39 is 11.6 Å². The molecule has 1 saturated carbocycles. The first-order valence-corrected chi connectivity index (χ1v) is 17.2. The number of urea groups is 1. The number of carbonyl (C=O) groups is 4. The van der Waals surface area contributed by atoms with Gasteiger partial charge < -0.3 is 30.9 Å². The van der Waals surface area contributed by atoms with Gasteiger partial charge in [-0.2, -0.15) is 5.10 Å². The van der Waals surface area contributed by atoms with E-state index in [4.69, 9.17) is 4.74 Å². The minimum Gasteiger partial charge on any atom is -0.497 e. The van der Waals surface area contributed by atoms with Crippen LogP contribution in [0.1, 0.15) is 66.2 Å². The molecule has 6 rings (SSSR count). The maximum Gasteiger partial charge on any atom is 0.318 e. The quantitative estimate of drug-likeness (QED) is 0.260. The number of aryl methyl sites for hydroxylation is 1. The zero-order valence-electron chi connectivity index (χ0n) is 28.8. The number of anilines is 1. The van der Waals surface area contributed by atoms with E-state index >= 15 is 0 Å². The summed E-state index contributed by atoms with van der Waals surface area (Å²) >= 11 is 0. The highest BCUT2D eigenvalue weighted by atomic mass is 16.5. The Bertz CT molecular complexity index is 1720. The molecule has 2 fully saturated rings. The number of amides is 5. The fraction of sp³-hybridized carbons (Fsp3) is 0.486. The molecule has 0 radical (unpaired) electrons. The molecule has 0 bridgehead atoms. The van der Waals surface area contributed by atoms with Crippen molar-refractivity contribution < 1.29 is 23.9 Å². The lowest BCUT2D eigenvalue weighted by atomic mass is 9.79. The highest BCUT2D eigenvalue weighted by Crippen LogP contribution is 2.40. The van der Waals surface area contributed by atoms with E-state index in [9.17, 15) is 19.2 Å². The highest BCUT2D eigenvalue weighted by molar-refractivity contribution is 6.01. The molecule has 5 amide bonds. The van der Waals surface area contributed by atoms with Gasteiger partial charge >= 0.3 is 6.03 Å². The minimum atomic E-state index is -1.13. The van der Waals surface area contributed by atoms with Gasteiger partial charge in [0, 0.05) is 57.3 Å². The molecule has 4 N–H and O–H groups in total. The van der Waals surface area contributed by atoms with Crippen molar-refractivity contribution in [2.75, 3.05) is 32.6 Å². The van der Waals surface area contributed by atoms with Crippen LogP contribution in [0.15, 0.2) is 54.7 Å². The lowest BCUT2D eigenvalue weighted by Gasteiger charge is -2.48. The predicted molar refractivity (Wildman–Crippen MR) is 185 cm³/mol. The number of hydrogen-bond acceptors (Lipinski definition) is 6. The number of likely N-dealkylation sites (N-methyl/N-ethyl adjacent to an activating group) is 1. The summed E-state index contributed by atoms with van der Waals surface area (Å²) in [7, 11) is 4.93. The summed E-state index contributed by atoms with van der Waals surface area (Å²) in [5.74, 6) is -0.0415. The monoisotopic (exact) mass is 669 g/mol. The number of benzene rings is 2. The van der Waals surface area contributed by atoms with Crippen molar-refractivity contribution in [3.05, 3.63) is 77.1 Å². The van der Waals surface area contributed by atoms with Crippen LogP contribution in [0.25, 0.3) is 0 Å². The van der Waals surface area contributed by atoms with Crippen LogP contribution in [0.4, 0.5) is 10.5 Å². The average Bonchev–Trinajstić information content (AvgIpc) is 3.72. The van der Waals surface area contributed by atoms with Crippen molar-refractivity contribution in [1.82, 2.24) is 30.6 Å². The van der Waals surface area contributed by atoms with Crippen LogP contribution < -0.4 is 26.0 Å². The zero-order valence-corrected chi connectivity index (χ0v) is 28.8. The van der Waals surface area contributed by atoms with Crippen LogP contribution >= 0.6 is 0 Å². The molecule has 2 unspecified atom stereocenters. The molecule has 1 aromatic heterocycles. The number of fused-ring (bicyclic) bond motifs is 1. The van der Waals surface area contributed by atoms with E-state index in [0.717, 1.165) is 54.5 Å². The van der Waals surface area contributed by atoms with E-state index in [1.165, 1.54) is 4.68 Å². The molecular formula is C37H47N7O5. The topological polar surface area (TPSA) is 147 Å². The second-order valence-corrected chi connectivity index (χ2v) is 14.2. The standard InChI is InChI=1S/C37H47N7O5/c1-36(19-24-10-14-29(49-4)15-11-24)22-39-35(48)44(23-36)37(34(47)38-2)20-26-12-13-28(18-27(26)21-37)41-33(46)31(25-8-6-5-7-9-25)42-32(45)30-16-17-40-43(30)3/h10-18,25,31H,5-9,19-23H2,1-4H3,(H,38,47)(H,39,48)(H,41,46)(H,42,45)/t31-,36?,37?/m0/s1. The van der Waals surface area contributed by atoms with Crippen LogP contribution in [0, 0.1) is 11.3 Å². The molecule has 3 aromatic rings. The van der Waals surface area contributed by atoms with Crippen molar-refractivity contribution in [1.29, 1.82) is 0 Å². The van der Waals surface area contributed by atoms with Gasteiger partial charge in [0.15, 0.2) is 0 Å². The van der Waals surface area contributed by atoms with Crippen LogP contribution in [-0.4, -0.2) is 77.3 Å². The van der Waals surface area contributed by atoms with Gasteiger partial charge in [-0.1, -0.05) is 44.4 Å². The third kappa shape index (κ3) is 7.00. The molecule has 3 aliphatic rings. The molecule has 2 aromatic carbocycles. The Morgan fingerprint density at radius 2 is 1.78 bits per heavy atom. The normalized spacial score (nSPS) is 22.9. The second kappa shape index (κ2) is 13.9. The number of methoxy groups -OCH3 is 1. The van der Waals surface area contributed by atoms with E-state index in [-0.39, 0.29) is 35.1 Å². The van der Waals surface area contributed by atoms with Crippen molar-refractivity contribution in [3.8, 4) is 5.75 Å². The fourth-order valence-electron chi connectivity index (χ4n) is 7.93. The third-order valence-corrected chi connectivity index (χ3v) is 10.6. The summed E-state index contributed by atoms with van der Waals surface area (Å²) in [6.07, 6.45) is 7.79. The maximum atomic E-state index is 13.9. The summed E-state index contributed by atoms with van der Waals surface area (Å²) in [4.78, 5) is 56.0. The molecule has 12 heteroatoms. The van der Waals surface area contributed by atoms with E-state index in [1.807, 2.05) is 42.5 Å². The molecule has 0 spiro atoms. The Kier molecular flexibility index (Phi) is 9.67. The van der Waals surface area contributed by atoms with Crippen LogP contribution in [0.3, 0.4) is 0 Å². The number of ether oxygens (including phenoxy) is 1. The summed E-state index contributed by atoms with van der Waals surface area (Å²) in [5.41, 5.74) is 2.47. The van der Waals surface area contributed by atoms with Gasteiger partial charge in [-0.15, -0.1) is 0 Å². The lowest BCUT2D eigenvalue weighted by Crippen LogP contribution is -2.69. The van der Waals surface area contributed by atoms with Gasteiger partial charge in [0.05, 0.1) is 7.11 Å². The lowest BCUT2D eigenvalue weighted by molar-refractivity contribution is -0.132. The Hall–Kier alpha value is -4.87. The van der Waals surface area contributed by atoms with Crippen LogP contribution in [-0.2, 0) is 35.9 Å². The number of carbonyl (C=O) groups excluding carboxylic acids is 4. The average molecular weight is 670 g/mol. The first-order chi connectivity index (χ1) is 23.5. The molecule has 1 aliphatic heterocycles. The Labute approximate surface area is 287 Å². The van der Waals surface area contributed by atoms with Crippen LogP contribution in [0.5, 0.6) is 5.75 Å². The second-order valence-electron chi connectivity index (χ2n) is 14.2. The number of aromatic nitrogens is 2. The van der Waals surface area contributed by atoms with Gasteiger partial charge in [0.25, 0.3) is 5.91 Å². The number of nitrogens with one attached hydrogen (secondary N) is 4. The van der Waals surface area contributed by atoms with Gasteiger partial charge in [-0.05, 0) is 72.2 Å². The maximum absolute atomic E-state index is 13.9. The predicted octanol–water partition coefficient (Wildman–Crippen LogP) is 3.60. The first kappa shape index (κ1) is 34.0. The Morgan fingerprint density at radius 1 is 1.04 bits per heavy atom.